The summed E-state index contributed by atoms with van der Waals surface area (Å²) in [5, 5.41) is 4.22. The summed E-state index contributed by atoms with van der Waals surface area (Å²) < 4.78 is 1.95. The molecule has 1 amide bonds. The zero-order valence-electron chi connectivity index (χ0n) is 14.4. The highest BCUT2D eigenvalue weighted by molar-refractivity contribution is 8.00. The molecule has 0 aliphatic rings. The van der Waals surface area contributed by atoms with Crippen LogP contribution >= 0.6 is 23.4 Å². The van der Waals surface area contributed by atoms with Gasteiger partial charge < -0.3 is 5.32 Å². The van der Waals surface area contributed by atoms with Gasteiger partial charge in [0.05, 0.1) is 5.25 Å². The van der Waals surface area contributed by atoms with Gasteiger partial charge in [-0.15, -0.1) is 0 Å². The zero-order chi connectivity index (χ0) is 18.4. The molecule has 0 aliphatic heterocycles. The molecule has 0 saturated carbocycles. The van der Waals surface area contributed by atoms with E-state index < -0.39 is 0 Å². The molecule has 1 N–H and O–H groups in total. The van der Waals surface area contributed by atoms with E-state index in [2.05, 4.69) is 22.4 Å². The Kier molecular flexibility index (Phi) is 6.36. The van der Waals surface area contributed by atoms with Gasteiger partial charge in [-0.25, -0.2) is 4.98 Å². The smallest absolute Gasteiger partial charge is 0.233 e. The fourth-order valence-electron chi connectivity index (χ4n) is 2.51. The number of halogens is 1. The monoisotopic (exact) mass is 385 g/mol. The number of hydrogen-bond acceptors (Lipinski definition) is 3. The molecule has 26 heavy (non-hydrogen) atoms. The van der Waals surface area contributed by atoms with Crippen LogP contribution in [0.15, 0.2) is 72.1 Å². The summed E-state index contributed by atoms with van der Waals surface area (Å²) in [6.07, 6.45) is 4.44. The standard InChI is InChI=1S/C20H20ClN3OS/c1-15(19(25)22-12-11-16-5-3-2-4-6-16)26-20-23-13-14-24(20)18-9-7-17(21)8-10-18/h2-10,13-15H,11-12H2,1H3,(H,22,25)/t15-/m0/s1. The lowest BCUT2D eigenvalue weighted by atomic mass is 10.1. The summed E-state index contributed by atoms with van der Waals surface area (Å²) in [7, 11) is 0. The number of amides is 1. The molecule has 0 radical (unpaired) electrons. The topological polar surface area (TPSA) is 46.9 Å². The van der Waals surface area contributed by atoms with Crippen LogP contribution in [0.25, 0.3) is 5.69 Å². The van der Waals surface area contributed by atoms with Crippen molar-refractivity contribution in [3.05, 3.63) is 77.6 Å². The number of hydrogen-bond donors (Lipinski definition) is 1. The molecule has 4 nitrogen and oxygen atoms in total. The van der Waals surface area contributed by atoms with Crippen LogP contribution in [-0.2, 0) is 11.2 Å². The number of nitrogens with zero attached hydrogens (tertiary/aromatic N) is 2. The molecule has 1 heterocycles. The maximum Gasteiger partial charge on any atom is 0.233 e. The highest BCUT2D eigenvalue weighted by Gasteiger charge is 2.17. The van der Waals surface area contributed by atoms with Gasteiger partial charge in [0.1, 0.15) is 0 Å². The average molecular weight is 386 g/mol. The van der Waals surface area contributed by atoms with E-state index in [9.17, 15) is 4.79 Å². The highest BCUT2D eigenvalue weighted by atomic mass is 35.5. The van der Waals surface area contributed by atoms with Gasteiger partial charge in [0.15, 0.2) is 5.16 Å². The molecular weight excluding hydrogens is 366 g/mol. The van der Waals surface area contributed by atoms with Gasteiger partial charge in [-0.05, 0) is 43.2 Å². The number of benzene rings is 2. The van der Waals surface area contributed by atoms with Crippen LogP contribution in [0.1, 0.15) is 12.5 Å². The molecule has 0 spiro atoms. The number of carbonyl (C=O) groups is 1. The third kappa shape index (κ3) is 4.90. The number of rotatable bonds is 7. The van der Waals surface area contributed by atoms with Crippen molar-refractivity contribution < 1.29 is 4.79 Å². The molecule has 0 fully saturated rings. The van der Waals surface area contributed by atoms with Crippen LogP contribution in [-0.4, -0.2) is 27.3 Å². The maximum atomic E-state index is 12.4. The summed E-state index contributed by atoms with van der Waals surface area (Å²) in [6.45, 7) is 2.52. The Balaban J connectivity index is 1.56. The molecule has 134 valence electrons. The van der Waals surface area contributed by atoms with E-state index in [1.54, 1.807) is 6.20 Å². The van der Waals surface area contributed by atoms with Crippen molar-refractivity contribution >= 4 is 29.3 Å². The Morgan fingerprint density at radius 1 is 1.19 bits per heavy atom. The Hall–Kier alpha value is -2.24. The van der Waals surface area contributed by atoms with Gasteiger partial charge in [-0.2, -0.15) is 0 Å². The average Bonchev–Trinajstić information content (AvgIpc) is 3.11. The SMILES string of the molecule is C[C@H](Sc1nccn1-c1ccc(Cl)cc1)C(=O)NCCc1ccccc1. The highest BCUT2D eigenvalue weighted by Crippen LogP contribution is 2.25. The second-order valence-corrected chi connectivity index (χ2v) is 7.59. The minimum Gasteiger partial charge on any atom is -0.355 e. The van der Waals surface area contributed by atoms with Crippen molar-refractivity contribution in [3.63, 3.8) is 0 Å². The van der Waals surface area contributed by atoms with Crippen molar-refractivity contribution in [2.45, 2.75) is 23.8 Å². The third-order valence-corrected chi connectivity index (χ3v) is 5.25. The van der Waals surface area contributed by atoms with Gasteiger partial charge in [-0.3, -0.25) is 9.36 Å². The first kappa shape index (κ1) is 18.5. The second kappa shape index (κ2) is 8.92. The Labute approximate surface area is 162 Å². The molecular formula is C20H20ClN3OS. The minimum absolute atomic E-state index is 0.0107. The van der Waals surface area contributed by atoms with E-state index in [1.165, 1.54) is 17.3 Å². The molecule has 3 aromatic rings. The molecule has 0 unspecified atom stereocenters. The van der Waals surface area contributed by atoms with Gasteiger partial charge in [-0.1, -0.05) is 53.7 Å². The van der Waals surface area contributed by atoms with E-state index in [1.807, 2.05) is 60.2 Å². The third-order valence-electron chi connectivity index (χ3n) is 3.92. The number of imidazole rings is 1. The first-order valence-electron chi connectivity index (χ1n) is 8.41. The summed E-state index contributed by atoms with van der Waals surface area (Å²) in [5.41, 5.74) is 2.18. The van der Waals surface area contributed by atoms with Gasteiger partial charge in [0.2, 0.25) is 5.91 Å². The van der Waals surface area contributed by atoms with E-state index in [-0.39, 0.29) is 11.2 Å². The summed E-state index contributed by atoms with van der Waals surface area (Å²) >= 11 is 7.39. The summed E-state index contributed by atoms with van der Waals surface area (Å²) in [4.78, 5) is 16.7. The lowest BCUT2D eigenvalue weighted by molar-refractivity contribution is -0.120. The molecule has 6 heteroatoms. The molecule has 3 rings (SSSR count). The van der Waals surface area contributed by atoms with Crippen molar-refractivity contribution in [1.82, 2.24) is 14.9 Å². The van der Waals surface area contributed by atoms with Crippen molar-refractivity contribution in [3.8, 4) is 5.69 Å². The first-order valence-corrected chi connectivity index (χ1v) is 9.67. The van der Waals surface area contributed by atoms with E-state index >= 15 is 0 Å². The predicted octanol–water partition coefficient (Wildman–Crippen LogP) is 4.37. The molecule has 1 atom stereocenters. The summed E-state index contributed by atoms with van der Waals surface area (Å²) in [5.74, 6) is 0.0107. The number of aromatic nitrogens is 2. The van der Waals surface area contributed by atoms with Crippen LogP contribution in [0, 0.1) is 0 Å². The lowest BCUT2D eigenvalue weighted by Gasteiger charge is -2.13. The maximum absolute atomic E-state index is 12.4. The zero-order valence-corrected chi connectivity index (χ0v) is 16.0. The number of nitrogens with one attached hydrogen (secondary N) is 1. The Morgan fingerprint density at radius 3 is 2.65 bits per heavy atom. The number of thioether (sulfide) groups is 1. The Bertz CT molecular complexity index is 849. The predicted molar refractivity (Wildman–Crippen MR) is 107 cm³/mol. The van der Waals surface area contributed by atoms with E-state index in [4.69, 9.17) is 11.6 Å². The first-order chi connectivity index (χ1) is 12.6. The molecule has 1 aromatic heterocycles. The van der Waals surface area contributed by atoms with Crippen LogP contribution in [0.2, 0.25) is 5.02 Å². The fourth-order valence-corrected chi connectivity index (χ4v) is 3.54. The minimum atomic E-state index is -0.237. The molecule has 2 aromatic carbocycles. The lowest BCUT2D eigenvalue weighted by Crippen LogP contribution is -2.32. The van der Waals surface area contributed by atoms with Crippen molar-refractivity contribution in [1.29, 1.82) is 0 Å². The summed E-state index contributed by atoms with van der Waals surface area (Å²) in [6, 6.07) is 17.7. The van der Waals surface area contributed by atoms with Crippen LogP contribution in [0.3, 0.4) is 0 Å². The van der Waals surface area contributed by atoms with Crippen LogP contribution < -0.4 is 5.32 Å². The van der Waals surface area contributed by atoms with Gasteiger partial charge in [0, 0.05) is 29.6 Å². The number of carbonyl (C=O) groups excluding carboxylic acids is 1. The van der Waals surface area contributed by atoms with Crippen molar-refractivity contribution in [2.75, 3.05) is 6.54 Å². The molecule has 0 aliphatic carbocycles. The van der Waals surface area contributed by atoms with Gasteiger partial charge in [0.25, 0.3) is 0 Å². The van der Waals surface area contributed by atoms with Crippen LogP contribution in [0.5, 0.6) is 0 Å². The largest absolute Gasteiger partial charge is 0.355 e. The van der Waals surface area contributed by atoms with E-state index in [0.29, 0.717) is 11.6 Å². The Morgan fingerprint density at radius 2 is 1.92 bits per heavy atom. The molecule has 0 saturated heterocycles. The normalized spacial score (nSPS) is 11.9. The quantitative estimate of drug-likeness (QED) is 0.614. The van der Waals surface area contributed by atoms with E-state index in [0.717, 1.165) is 17.3 Å². The van der Waals surface area contributed by atoms with Gasteiger partial charge >= 0.3 is 0 Å². The molecule has 0 bridgehead atoms. The fraction of sp³-hybridized carbons (Fsp3) is 0.200. The second-order valence-electron chi connectivity index (χ2n) is 5.84. The van der Waals surface area contributed by atoms with Crippen LogP contribution in [0.4, 0.5) is 0 Å². The van der Waals surface area contributed by atoms with Crippen molar-refractivity contribution in [2.24, 2.45) is 0 Å².